The molecule has 0 aliphatic heterocycles. The summed E-state index contributed by atoms with van der Waals surface area (Å²) in [6, 6.07) is 7.87. The van der Waals surface area contributed by atoms with E-state index in [9.17, 15) is 10.2 Å². The number of nitrogens with one attached hydrogen (secondary N) is 3. The molecule has 1 aliphatic carbocycles. The van der Waals surface area contributed by atoms with Crippen LogP contribution < -0.4 is 10.6 Å². The number of aliphatic hydroxyl groups excluding tert-OH is 2. The zero-order valence-corrected chi connectivity index (χ0v) is 9.94. The van der Waals surface area contributed by atoms with Gasteiger partial charge in [-0.25, -0.2) is 0 Å². The summed E-state index contributed by atoms with van der Waals surface area (Å²) in [5, 5.41) is 26.4. The van der Waals surface area contributed by atoms with Crippen LogP contribution in [-0.4, -0.2) is 34.5 Å². The van der Waals surface area contributed by atoms with Gasteiger partial charge in [0, 0.05) is 29.8 Å². The largest absolute Gasteiger partial charge is 0.388 e. The Balaban J connectivity index is 1.90. The fourth-order valence-electron chi connectivity index (χ4n) is 2.25. The molecule has 0 amide bonds. The van der Waals surface area contributed by atoms with Crippen LogP contribution in [0.25, 0.3) is 10.9 Å². The highest BCUT2D eigenvalue weighted by Gasteiger charge is 2.37. The van der Waals surface area contributed by atoms with Crippen molar-refractivity contribution in [2.45, 2.75) is 12.2 Å². The first-order valence-corrected chi connectivity index (χ1v) is 5.83. The van der Waals surface area contributed by atoms with Crippen LogP contribution in [0, 0.1) is 0 Å². The number of aromatic nitrogens is 1. The number of rotatable bonds is 3. The van der Waals surface area contributed by atoms with Crippen molar-refractivity contribution in [1.29, 1.82) is 0 Å². The normalized spacial score (nSPS) is 23.1. The van der Waals surface area contributed by atoms with Crippen molar-refractivity contribution in [1.82, 2.24) is 10.3 Å². The highest BCUT2D eigenvalue weighted by molar-refractivity contribution is 5.83. The first kappa shape index (κ1) is 11.1. The molecule has 2 aromatic rings. The number of H-pyrrole nitrogens is 1. The third-order valence-corrected chi connectivity index (χ3v) is 3.28. The second-order valence-corrected chi connectivity index (χ2v) is 4.37. The van der Waals surface area contributed by atoms with Gasteiger partial charge in [-0.2, -0.15) is 0 Å². The van der Waals surface area contributed by atoms with Crippen LogP contribution in [0.3, 0.4) is 0 Å². The van der Waals surface area contributed by atoms with Gasteiger partial charge in [-0.3, -0.25) is 0 Å². The molecular formula is C13H15N3O2. The van der Waals surface area contributed by atoms with Gasteiger partial charge in [-0.1, -0.05) is 0 Å². The Kier molecular flexibility index (Phi) is 2.50. The molecule has 0 saturated carbocycles. The highest BCUT2D eigenvalue weighted by atomic mass is 16.3. The molecule has 0 saturated heterocycles. The van der Waals surface area contributed by atoms with Gasteiger partial charge in [0.2, 0.25) is 0 Å². The van der Waals surface area contributed by atoms with Gasteiger partial charge < -0.3 is 25.8 Å². The molecule has 0 radical (unpaired) electrons. The molecule has 1 heterocycles. The number of fused-ring (bicyclic) bond motifs is 1. The Morgan fingerprint density at radius 1 is 1.11 bits per heavy atom. The topological polar surface area (TPSA) is 80.3 Å². The Morgan fingerprint density at radius 2 is 1.89 bits per heavy atom. The number of aliphatic hydroxyl groups is 2. The van der Waals surface area contributed by atoms with Gasteiger partial charge in [0.1, 0.15) is 12.2 Å². The summed E-state index contributed by atoms with van der Waals surface area (Å²) in [5.41, 5.74) is 3.21. The standard InChI is InChI=1S/C13H15N3O2/c1-14-10-11(13(18)12(10)17)16-8-2-3-9-7(6-8)4-5-15-9/h2-6,12-18H,1H3. The number of hydrogen-bond acceptors (Lipinski definition) is 4. The average Bonchev–Trinajstić information content (AvgIpc) is 2.85. The van der Waals surface area contributed by atoms with Crippen molar-refractivity contribution >= 4 is 16.6 Å². The maximum atomic E-state index is 9.70. The van der Waals surface area contributed by atoms with Crippen molar-refractivity contribution < 1.29 is 10.2 Å². The molecule has 1 aromatic heterocycles. The van der Waals surface area contributed by atoms with Crippen LogP contribution in [0.2, 0.25) is 0 Å². The summed E-state index contributed by atoms with van der Waals surface area (Å²) in [6.45, 7) is 0. The van der Waals surface area contributed by atoms with Gasteiger partial charge >= 0.3 is 0 Å². The van der Waals surface area contributed by atoms with E-state index in [4.69, 9.17) is 0 Å². The molecular weight excluding hydrogens is 230 g/mol. The van der Waals surface area contributed by atoms with Gasteiger partial charge in [-0.05, 0) is 24.3 Å². The first-order chi connectivity index (χ1) is 8.70. The van der Waals surface area contributed by atoms with E-state index in [1.807, 2.05) is 30.5 Å². The Morgan fingerprint density at radius 3 is 2.67 bits per heavy atom. The lowest BCUT2D eigenvalue weighted by Gasteiger charge is -2.35. The van der Waals surface area contributed by atoms with Crippen molar-refractivity contribution in [3.8, 4) is 0 Å². The maximum absolute atomic E-state index is 9.70. The lowest BCUT2D eigenvalue weighted by molar-refractivity contribution is 0.0334. The Hall–Kier alpha value is -1.98. The minimum absolute atomic E-state index is 0.625. The first-order valence-electron chi connectivity index (χ1n) is 5.83. The monoisotopic (exact) mass is 245 g/mol. The molecule has 5 nitrogen and oxygen atoms in total. The van der Waals surface area contributed by atoms with Crippen LogP contribution >= 0.6 is 0 Å². The Bertz CT molecular complexity index is 617. The zero-order chi connectivity index (χ0) is 12.7. The second-order valence-electron chi connectivity index (χ2n) is 4.37. The summed E-state index contributed by atoms with van der Waals surface area (Å²) in [6.07, 6.45) is 0.206. The van der Waals surface area contributed by atoms with E-state index >= 15 is 0 Å². The van der Waals surface area contributed by atoms with Crippen LogP contribution in [0.4, 0.5) is 5.69 Å². The van der Waals surface area contributed by atoms with E-state index in [2.05, 4.69) is 15.6 Å². The molecule has 0 fully saturated rings. The number of aromatic amines is 1. The number of likely N-dealkylation sites (N-methyl/N-ethyl adjacent to an activating group) is 1. The van der Waals surface area contributed by atoms with E-state index in [1.165, 1.54) is 0 Å². The summed E-state index contributed by atoms with van der Waals surface area (Å²) in [5.74, 6) is 0. The van der Waals surface area contributed by atoms with Crippen molar-refractivity contribution in [2.24, 2.45) is 0 Å². The summed E-state index contributed by atoms with van der Waals surface area (Å²) in [7, 11) is 1.72. The minimum Gasteiger partial charge on any atom is -0.388 e. The van der Waals surface area contributed by atoms with Gasteiger partial charge in [-0.15, -0.1) is 0 Å². The van der Waals surface area contributed by atoms with E-state index < -0.39 is 12.2 Å². The molecule has 5 N–H and O–H groups in total. The maximum Gasteiger partial charge on any atom is 0.127 e. The third-order valence-electron chi connectivity index (χ3n) is 3.28. The van der Waals surface area contributed by atoms with Crippen LogP contribution in [0.1, 0.15) is 0 Å². The van der Waals surface area contributed by atoms with Crippen LogP contribution in [0.15, 0.2) is 41.9 Å². The number of hydrogen-bond donors (Lipinski definition) is 5. The van der Waals surface area contributed by atoms with E-state index in [0.29, 0.717) is 11.4 Å². The quantitative estimate of drug-likeness (QED) is 0.553. The third kappa shape index (κ3) is 1.56. The van der Waals surface area contributed by atoms with Gasteiger partial charge in [0.15, 0.2) is 0 Å². The molecule has 18 heavy (non-hydrogen) atoms. The smallest absolute Gasteiger partial charge is 0.127 e. The fraction of sp³-hybridized carbons (Fsp3) is 0.231. The summed E-state index contributed by atoms with van der Waals surface area (Å²) in [4.78, 5) is 3.12. The molecule has 0 bridgehead atoms. The average molecular weight is 245 g/mol. The number of anilines is 1. The van der Waals surface area contributed by atoms with Gasteiger partial charge in [0.05, 0.1) is 11.4 Å². The van der Waals surface area contributed by atoms with Crippen molar-refractivity contribution in [3.63, 3.8) is 0 Å². The molecule has 5 heteroatoms. The predicted molar refractivity (Wildman–Crippen MR) is 70.0 cm³/mol. The van der Waals surface area contributed by atoms with E-state index in [0.717, 1.165) is 16.6 Å². The fourth-order valence-corrected chi connectivity index (χ4v) is 2.25. The minimum atomic E-state index is -0.852. The molecule has 94 valence electrons. The zero-order valence-electron chi connectivity index (χ0n) is 9.94. The van der Waals surface area contributed by atoms with Crippen LogP contribution in [0.5, 0.6) is 0 Å². The summed E-state index contributed by atoms with van der Waals surface area (Å²) >= 11 is 0. The van der Waals surface area contributed by atoms with E-state index in [-0.39, 0.29) is 0 Å². The molecule has 1 aromatic carbocycles. The summed E-state index contributed by atoms with van der Waals surface area (Å²) < 4.78 is 0. The van der Waals surface area contributed by atoms with Gasteiger partial charge in [0.25, 0.3) is 0 Å². The van der Waals surface area contributed by atoms with E-state index in [1.54, 1.807) is 7.05 Å². The Labute approximate surface area is 104 Å². The molecule has 1 aliphatic rings. The lowest BCUT2D eigenvalue weighted by atomic mass is 9.93. The predicted octanol–water partition coefficient (Wildman–Crippen LogP) is 0.746. The van der Waals surface area contributed by atoms with Crippen LogP contribution in [-0.2, 0) is 0 Å². The number of benzene rings is 1. The SMILES string of the molecule is CNC1=C(Nc2ccc3[nH]ccc3c2)C(O)C1O. The molecule has 2 atom stereocenters. The lowest BCUT2D eigenvalue weighted by Crippen LogP contribution is -2.48. The molecule has 0 spiro atoms. The van der Waals surface area contributed by atoms with Crippen molar-refractivity contribution in [3.05, 3.63) is 41.9 Å². The second kappa shape index (κ2) is 4.04. The molecule has 2 unspecified atom stereocenters. The highest BCUT2D eigenvalue weighted by Crippen LogP contribution is 2.29. The van der Waals surface area contributed by atoms with Crippen molar-refractivity contribution in [2.75, 3.05) is 12.4 Å². The molecule has 3 rings (SSSR count).